The van der Waals surface area contributed by atoms with E-state index in [1.807, 2.05) is 0 Å². The molecule has 0 aromatic rings. The highest BCUT2D eigenvalue weighted by Gasteiger charge is 2.26. The first-order chi connectivity index (χ1) is 3.75. The lowest BCUT2D eigenvalue weighted by Gasteiger charge is -2.34. The van der Waals surface area contributed by atoms with Gasteiger partial charge in [0, 0.05) is 0 Å². The molecule has 0 aromatic heterocycles. The van der Waals surface area contributed by atoms with Crippen LogP contribution in [0.25, 0.3) is 0 Å². The lowest BCUT2D eigenvalue weighted by atomic mass is 9.71. The molecule has 0 heteroatoms. The van der Waals surface area contributed by atoms with E-state index in [4.69, 9.17) is 0 Å². The number of allylic oxidation sites excluding steroid dienone is 2. The molecule has 2 unspecified atom stereocenters. The van der Waals surface area contributed by atoms with Gasteiger partial charge in [-0.25, -0.2) is 0 Å². The first kappa shape index (κ1) is 5.87. The van der Waals surface area contributed by atoms with Crippen molar-refractivity contribution in [1.29, 1.82) is 0 Å². The van der Waals surface area contributed by atoms with Crippen LogP contribution >= 0.6 is 0 Å². The van der Waals surface area contributed by atoms with Crippen molar-refractivity contribution in [1.82, 2.24) is 0 Å². The highest BCUT2D eigenvalue weighted by atomic mass is 14.3. The monoisotopic (exact) mass is 110 g/mol. The maximum absolute atomic E-state index is 2.32. The van der Waals surface area contributed by atoms with Crippen LogP contribution in [-0.2, 0) is 0 Å². The van der Waals surface area contributed by atoms with Gasteiger partial charge in [-0.2, -0.15) is 0 Å². The zero-order chi connectivity index (χ0) is 6.15. The topological polar surface area (TPSA) is 0 Å². The van der Waals surface area contributed by atoms with Crippen LogP contribution in [0.5, 0.6) is 0 Å². The van der Waals surface area contributed by atoms with Gasteiger partial charge in [-0.05, 0) is 25.2 Å². The predicted molar refractivity (Wildman–Crippen MR) is 36.7 cm³/mol. The number of rotatable bonds is 0. The smallest absolute Gasteiger partial charge is 0.0203 e. The van der Waals surface area contributed by atoms with E-state index < -0.39 is 0 Å². The fourth-order valence-corrected chi connectivity index (χ4v) is 1.32. The van der Waals surface area contributed by atoms with Gasteiger partial charge in [0.1, 0.15) is 0 Å². The molecular formula is C8H14. The van der Waals surface area contributed by atoms with Crippen molar-refractivity contribution in [3.63, 3.8) is 0 Å². The summed E-state index contributed by atoms with van der Waals surface area (Å²) in [6, 6.07) is 0. The Morgan fingerprint density at radius 3 is 2.25 bits per heavy atom. The molecular weight excluding hydrogens is 96.1 g/mol. The largest absolute Gasteiger partial charge is 0.0882 e. The molecule has 0 nitrogen and oxygen atoms in total. The van der Waals surface area contributed by atoms with E-state index >= 15 is 0 Å². The highest BCUT2D eigenvalue weighted by Crippen LogP contribution is 2.38. The molecule has 1 aliphatic rings. The van der Waals surface area contributed by atoms with Crippen molar-refractivity contribution in [2.45, 2.75) is 27.2 Å². The van der Waals surface area contributed by atoms with Gasteiger partial charge in [0.2, 0.25) is 0 Å². The Labute approximate surface area is 51.6 Å². The van der Waals surface area contributed by atoms with Crippen molar-refractivity contribution in [2.75, 3.05) is 0 Å². The lowest BCUT2D eigenvalue weighted by molar-refractivity contribution is 0.326. The van der Waals surface area contributed by atoms with E-state index in [2.05, 4.69) is 26.8 Å². The van der Waals surface area contributed by atoms with Gasteiger partial charge in [0.15, 0.2) is 0 Å². The average molecular weight is 110 g/mol. The second-order valence-electron chi connectivity index (χ2n) is 2.83. The van der Waals surface area contributed by atoms with Gasteiger partial charge < -0.3 is 0 Å². The highest BCUT2D eigenvalue weighted by molar-refractivity contribution is 5.15. The van der Waals surface area contributed by atoms with Crippen LogP contribution in [-0.4, -0.2) is 0 Å². The molecule has 0 aromatic carbocycles. The van der Waals surface area contributed by atoms with Gasteiger partial charge in [-0.15, -0.1) is 0 Å². The first-order valence-corrected chi connectivity index (χ1v) is 3.40. The number of hydrogen-bond donors (Lipinski definition) is 0. The van der Waals surface area contributed by atoms with Crippen molar-refractivity contribution in [3.05, 3.63) is 11.6 Å². The third kappa shape index (κ3) is 0.683. The van der Waals surface area contributed by atoms with E-state index in [1.165, 1.54) is 6.42 Å². The van der Waals surface area contributed by atoms with Gasteiger partial charge in [-0.3, -0.25) is 0 Å². The molecule has 0 saturated heterocycles. The minimum absolute atomic E-state index is 0.875. The third-order valence-corrected chi connectivity index (χ3v) is 2.37. The first-order valence-electron chi connectivity index (χ1n) is 3.40. The van der Waals surface area contributed by atoms with Crippen molar-refractivity contribution >= 4 is 0 Å². The Kier molecular flexibility index (Phi) is 1.41. The molecule has 8 heavy (non-hydrogen) atoms. The fraction of sp³-hybridized carbons (Fsp3) is 0.750. The van der Waals surface area contributed by atoms with Crippen LogP contribution < -0.4 is 0 Å². The van der Waals surface area contributed by atoms with E-state index in [0.29, 0.717) is 0 Å². The molecule has 0 bridgehead atoms. The van der Waals surface area contributed by atoms with Crippen LogP contribution in [0.4, 0.5) is 0 Å². The van der Waals surface area contributed by atoms with Crippen LogP contribution in [0, 0.1) is 11.8 Å². The summed E-state index contributed by atoms with van der Waals surface area (Å²) in [4.78, 5) is 0. The molecule has 0 heterocycles. The zero-order valence-corrected chi connectivity index (χ0v) is 5.94. The summed E-state index contributed by atoms with van der Waals surface area (Å²) >= 11 is 0. The molecule has 2 atom stereocenters. The Bertz CT molecular complexity index is 111. The molecule has 0 aliphatic heterocycles. The minimum atomic E-state index is 0.875. The number of hydrogen-bond acceptors (Lipinski definition) is 0. The minimum Gasteiger partial charge on any atom is -0.0882 e. The molecule has 1 rings (SSSR count). The van der Waals surface area contributed by atoms with E-state index in [9.17, 15) is 0 Å². The maximum Gasteiger partial charge on any atom is -0.0203 e. The summed E-state index contributed by atoms with van der Waals surface area (Å²) in [7, 11) is 0. The molecule has 1 saturated carbocycles. The van der Waals surface area contributed by atoms with Crippen molar-refractivity contribution < 1.29 is 0 Å². The van der Waals surface area contributed by atoms with Crippen LogP contribution in [0.15, 0.2) is 11.6 Å². The van der Waals surface area contributed by atoms with Gasteiger partial charge in [0.25, 0.3) is 0 Å². The zero-order valence-electron chi connectivity index (χ0n) is 5.94. The molecule has 0 amide bonds. The van der Waals surface area contributed by atoms with Crippen LogP contribution in [0.3, 0.4) is 0 Å². The molecule has 46 valence electrons. The Morgan fingerprint density at radius 1 is 1.50 bits per heavy atom. The molecule has 0 radical (unpaired) electrons. The van der Waals surface area contributed by atoms with E-state index in [0.717, 1.165) is 11.8 Å². The summed E-state index contributed by atoms with van der Waals surface area (Å²) in [6.45, 7) is 6.76. The Hall–Kier alpha value is -0.260. The normalized spacial score (nSPS) is 42.1. The third-order valence-electron chi connectivity index (χ3n) is 2.37. The lowest BCUT2D eigenvalue weighted by Crippen LogP contribution is -2.22. The second kappa shape index (κ2) is 1.93. The standard InChI is InChI=1S/C8H14/c1-4-8-5-6(2)7(8)3/h4,6-7H,5H2,1-3H3. The van der Waals surface area contributed by atoms with Crippen molar-refractivity contribution in [3.8, 4) is 0 Å². The second-order valence-corrected chi connectivity index (χ2v) is 2.83. The molecule has 1 fully saturated rings. The predicted octanol–water partition coefficient (Wildman–Crippen LogP) is 2.61. The summed E-state index contributed by atoms with van der Waals surface area (Å²) in [5, 5.41) is 0. The molecule has 1 aliphatic carbocycles. The maximum atomic E-state index is 2.32. The average Bonchev–Trinajstić information content (AvgIpc) is 1.81. The van der Waals surface area contributed by atoms with Gasteiger partial charge in [0.05, 0.1) is 0 Å². The summed E-state index contributed by atoms with van der Waals surface area (Å²) in [6.07, 6.45) is 3.60. The van der Waals surface area contributed by atoms with E-state index in [1.54, 1.807) is 5.57 Å². The summed E-state index contributed by atoms with van der Waals surface area (Å²) in [5.74, 6) is 1.82. The van der Waals surface area contributed by atoms with Crippen molar-refractivity contribution in [2.24, 2.45) is 11.8 Å². The van der Waals surface area contributed by atoms with Crippen LogP contribution in [0.1, 0.15) is 27.2 Å². The molecule has 0 spiro atoms. The summed E-state index contributed by atoms with van der Waals surface area (Å²) in [5.41, 5.74) is 1.65. The van der Waals surface area contributed by atoms with Gasteiger partial charge >= 0.3 is 0 Å². The van der Waals surface area contributed by atoms with Gasteiger partial charge in [-0.1, -0.05) is 25.5 Å². The quantitative estimate of drug-likeness (QED) is 0.420. The molecule has 0 N–H and O–H groups in total. The fourth-order valence-electron chi connectivity index (χ4n) is 1.32. The van der Waals surface area contributed by atoms with Crippen LogP contribution in [0.2, 0.25) is 0 Å². The van der Waals surface area contributed by atoms with E-state index in [-0.39, 0.29) is 0 Å². The Balaban J connectivity index is 2.48. The SMILES string of the molecule is CC=C1CC(C)C1C. The summed E-state index contributed by atoms with van der Waals surface area (Å²) < 4.78 is 0. The Morgan fingerprint density at radius 2 is 2.12 bits per heavy atom.